The molecule has 1 rings (SSSR count). The second kappa shape index (κ2) is 5.95. The highest BCUT2D eigenvalue weighted by molar-refractivity contribution is 4.80. The zero-order valence-corrected chi connectivity index (χ0v) is 8.04. The van der Waals surface area contributed by atoms with Gasteiger partial charge in [-0.25, -0.2) is 0 Å². The van der Waals surface area contributed by atoms with Crippen molar-refractivity contribution in [1.29, 1.82) is 5.26 Å². The van der Waals surface area contributed by atoms with Crippen molar-refractivity contribution in [3.05, 3.63) is 0 Å². The monoisotopic (exact) mass is 182 g/mol. The Morgan fingerprint density at radius 1 is 1.38 bits per heavy atom. The molecule has 1 fully saturated rings. The van der Waals surface area contributed by atoms with E-state index in [2.05, 4.69) is 6.07 Å². The molecule has 0 aliphatic heterocycles. The Morgan fingerprint density at radius 3 is 2.85 bits per heavy atom. The fourth-order valence-electron chi connectivity index (χ4n) is 1.70. The van der Waals surface area contributed by atoms with Crippen LogP contribution < -0.4 is 5.73 Å². The molecular formula is C10H18N2O. The minimum absolute atomic E-state index is 0.246. The maximum Gasteiger partial charge on any atom is 0.0725 e. The van der Waals surface area contributed by atoms with E-state index in [0.29, 0.717) is 6.42 Å². The quantitative estimate of drug-likeness (QED) is 0.657. The van der Waals surface area contributed by atoms with E-state index < -0.39 is 0 Å². The summed E-state index contributed by atoms with van der Waals surface area (Å²) in [4.78, 5) is 0. The lowest BCUT2D eigenvalue weighted by molar-refractivity contribution is 0.0459. The minimum atomic E-state index is 0.246. The topological polar surface area (TPSA) is 59.0 Å². The fourth-order valence-corrected chi connectivity index (χ4v) is 1.70. The molecule has 2 atom stereocenters. The summed E-state index contributed by atoms with van der Waals surface area (Å²) in [6, 6.07) is 2.37. The van der Waals surface area contributed by atoms with E-state index in [1.165, 1.54) is 6.42 Å². The van der Waals surface area contributed by atoms with Crippen molar-refractivity contribution in [2.24, 2.45) is 5.73 Å². The molecule has 1 saturated carbocycles. The van der Waals surface area contributed by atoms with Crippen molar-refractivity contribution in [2.45, 2.75) is 50.7 Å². The molecule has 3 heteroatoms. The van der Waals surface area contributed by atoms with E-state index in [0.717, 1.165) is 32.3 Å². The molecule has 1 aliphatic rings. The number of nitrogens with two attached hydrogens (primary N) is 1. The predicted molar refractivity (Wildman–Crippen MR) is 51.0 cm³/mol. The van der Waals surface area contributed by atoms with Crippen LogP contribution in [0.15, 0.2) is 0 Å². The Balaban J connectivity index is 1.96. The third-order valence-corrected chi connectivity index (χ3v) is 2.52. The summed E-state index contributed by atoms with van der Waals surface area (Å²) >= 11 is 0. The van der Waals surface area contributed by atoms with Crippen molar-refractivity contribution in [3.8, 4) is 6.07 Å². The van der Waals surface area contributed by atoms with Crippen molar-refractivity contribution < 1.29 is 4.74 Å². The average molecular weight is 182 g/mol. The van der Waals surface area contributed by atoms with Gasteiger partial charge >= 0.3 is 0 Å². The lowest BCUT2D eigenvalue weighted by atomic mass is 10.2. The van der Waals surface area contributed by atoms with E-state index >= 15 is 0 Å². The summed E-state index contributed by atoms with van der Waals surface area (Å²) in [7, 11) is 0. The molecule has 0 aromatic heterocycles. The zero-order chi connectivity index (χ0) is 9.52. The Bertz CT molecular complexity index is 176. The van der Waals surface area contributed by atoms with Gasteiger partial charge in [-0.3, -0.25) is 0 Å². The van der Waals surface area contributed by atoms with Gasteiger partial charge in [0.05, 0.1) is 12.2 Å². The molecule has 1 aliphatic carbocycles. The van der Waals surface area contributed by atoms with Crippen molar-refractivity contribution in [1.82, 2.24) is 0 Å². The lowest BCUT2D eigenvalue weighted by Crippen LogP contribution is -2.31. The SMILES string of the molecule is N#CCCCCOC1CCCC1N. The molecule has 0 radical (unpaired) electrons. The summed E-state index contributed by atoms with van der Waals surface area (Å²) in [5.41, 5.74) is 5.84. The largest absolute Gasteiger partial charge is 0.377 e. The fraction of sp³-hybridized carbons (Fsp3) is 0.900. The number of unbranched alkanes of at least 4 members (excludes halogenated alkanes) is 2. The number of rotatable bonds is 5. The molecule has 2 unspecified atom stereocenters. The second-order valence-corrected chi connectivity index (χ2v) is 3.62. The van der Waals surface area contributed by atoms with Gasteiger partial charge in [-0.05, 0) is 32.1 Å². The molecule has 0 spiro atoms. The number of nitriles is 1. The molecule has 0 heterocycles. The lowest BCUT2D eigenvalue weighted by Gasteiger charge is -2.15. The summed E-state index contributed by atoms with van der Waals surface area (Å²) in [6.07, 6.45) is 6.25. The molecular weight excluding hydrogens is 164 g/mol. The second-order valence-electron chi connectivity index (χ2n) is 3.62. The molecule has 74 valence electrons. The van der Waals surface area contributed by atoms with E-state index in [-0.39, 0.29) is 12.1 Å². The molecule has 0 aromatic rings. The van der Waals surface area contributed by atoms with Crippen LogP contribution >= 0.6 is 0 Å². The van der Waals surface area contributed by atoms with Gasteiger partial charge in [-0.2, -0.15) is 5.26 Å². The van der Waals surface area contributed by atoms with Gasteiger partial charge in [0.2, 0.25) is 0 Å². The minimum Gasteiger partial charge on any atom is -0.377 e. The number of ether oxygens (including phenoxy) is 1. The third kappa shape index (κ3) is 3.75. The van der Waals surface area contributed by atoms with Gasteiger partial charge in [0, 0.05) is 19.1 Å². The standard InChI is InChI=1S/C10H18N2O/c11-7-2-1-3-8-13-10-6-4-5-9(10)12/h9-10H,1-6,8,12H2. The normalized spacial score (nSPS) is 27.4. The number of hydrogen-bond acceptors (Lipinski definition) is 3. The smallest absolute Gasteiger partial charge is 0.0725 e. The van der Waals surface area contributed by atoms with Crippen LogP contribution in [0.5, 0.6) is 0 Å². The average Bonchev–Trinajstić information content (AvgIpc) is 2.52. The first-order valence-corrected chi connectivity index (χ1v) is 5.08. The molecule has 0 saturated heterocycles. The maximum atomic E-state index is 8.31. The van der Waals surface area contributed by atoms with Crippen LogP contribution in [-0.2, 0) is 4.74 Å². The van der Waals surface area contributed by atoms with Gasteiger partial charge in [0.1, 0.15) is 0 Å². The summed E-state index contributed by atoms with van der Waals surface area (Å²) in [5, 5.41) is 8.31. The van der Waals surface area contributed by atoms with Crippen LogP contribution in [-0.4, -0.2) is 18.8 Å². The Kier molecular flexibility index (Phi) is 4.81. The highest BCUT2D eigenvalue weighted by Crippen LogP contribution is 2.20. The van der Waals surface area contributed by atoms with Crippen molar-refractivity contribution in [3.63, 3.8) is 0 Å². The first kappa shape index (κ1) is 10.5. The van der Waals surface area contributed by atoms with E-state index in [1.54, 1.807) is 0 Å². The summed E-state index contributed by atoms with van der Waals surface area (Å²) < 4.78 is 5.63. The first-order chi connectivity index (χ1) is 6.34. The summed E-state index contributed by atoms with van der Waals surface area (Å²) in [5.74, 6) is 0. The molecule has 0 bridgehead atoms. The maximum absolute atomic E-state index is 8.31. The molecule has 2 N–H and O–H groups in total. The van der Waals surface area contributed by atoms with Crippen molar-refractivity contribution in [2.75, 3.05) is 6.61 Å². The van der Waals surface area contributed by atoms with Crippen LogP contribution in [0.3, 0.4) is 0 Å². The number of nitrogens with zero attached hydrogens (tertiary/aromatic N) is 1. The van der Waals surface area contributed by atoms with Gasteiger partial charge < -0.3 is 10.5 Å². The van der Waals surface area contributed by atoms with Crippen LogP contribution in [0, 0.1) is 11.3 Å². The highest BCUT2D eigenvalue weighted by atomic mass is 16.5. The summed E-state index contributed by atoms with van der Waals surface area (Å²) in [6.45, 7) is 0.764. The Morgan fingerprint density at radius 2 is 2.23 bits per heavy atom. The van der Waals surface area contributed by atoms with Crippen LogP contribution in [0.25, 0.3) is 0 Å². The van der Waals surface area contributed by atoms with Crippen LogP contribution in [0.2, 0.25) is 0 Å². The molecule has 13 heavy (non-hydrogen) atoms. The Labute approximate surface area is 79.9 Å². The zero-order valence-electron chi connectivity index (χ0n) is 8.04. The van der Waals surface area contributed by atoms with E-state index in [4.69, 9.17) is 15.7 Å². The highest BCUT2D eigenvalue weighted by Gasteiger charge is 2.23. The van der Waals surface area contributed by atoms with Gasteiger partial charge in [0.15, 0.2) is 0 Å². The molecule has 3 nitrogen and oxygen atoms in total. The van der Waals surface area contributed by atoms with E-state index in [1.807, 2.05) is 0 Å². The van der Waals surface area contributed by atoms with Crippen LogP contribution in [0.4, 0.5) is 0 Å². The van der Waals surface area contributed by atoms with Crippen molar-refractivity contribution >= 4 is 0 Å². The first-order valence-electron chi connectivity index (χ1n) is 5.08. The molecule has 0 amide bonds. The van der Waals surface area contributed by atoms with Gasteiger partial charge in [-0.1, -0.05) is 0 Å². The van der Waals surface area contributed by atoms with Gasteiger partial charge in [-0.15, -0.1) is 0 Å². The number of hydrogen-bond donors (Lipinski definition) is 1. The molecule has 0 aromatic carbocycles. The predicted octanol–water partition coefficient (Wildman–Crippen LogP) is 1.58. The van der Waals surface area contributed by atoms with Gasteiger partial charge in [0.25, 0.3) is 0 Å². The van der Waals surface area contributed by atoms with Crippen LogP contribution in [0.1, 0.15) is 38.5 Å². The van der Waals surface area contributed by atoms with E-state index in [9.17, 15) is 0 Å². The Hall–Kier alpha value is -0.590. The third-order valence-electron chi connectivity index (χ3n) is 2.52.